The molecule has 0 spiro atoms. The average molecular weight is 490 g/mol. The van der Waals surface area contributed by atoms with E-state index in [2.05, 4.69) is 16.2 Å². The lowest BCUT2D eigenvalue weighted by Gasteiger charge is -2.33. The van der Waals surface area contributed by atoms with Gasteiger partial charge in [-0.05, 0) is 80.3 Å². The van der Waals surface area contributed by atoms with E-state index in [-0.39, 0.29) is 11.6 Å². The zero-order chi connectivity index (χ0) is 25.4. The molecule has 0 bridgehead atoms. The molecule has 0 aliphatic heterocycles. The zero-order valence-corrected chi connectivity index (χ0v) is 21.0. The van der Waals surface area contributed by atoms with Crippen molar-refractivity contribution < 1.29 is 19.8 Å². The van der Waals surface area contributed by atoms with Crippen molar-refractivity contribution in [3.8, 4) is 6.07 Å². The van der Waals surface area contributed by atoms with Gasteiger partial charge in [-0.15, -0.1) is 0 Å². The van der Waals surface area contributed by atoms with Crippen LogP contribution < -0.4 is 10.0 Å². The van der Waals surface area contributed by atoms with Crippen molar-refractivity contribution in [3.63, 3.8) is 0 Å². The van der Waals surface area contributed by atoms with Gasteiger partial charge in [0.15, 0.2) is 0 Å². The van der Waals surface area contributed by atoms with E-state index in [4.69, 9.17) is 5.41 Å². The molecule has 1 aromatic rings. The number of carbonyl (C=O) groups excluding carboxylic acids is 1. The molecule has 1 amide bonds. The second-order valence-electron chi connectivity index (χ2n) is 10.8. The maximum atomic E-state index is 13.1. The van der Waals surface area contributed by atoms with Gasteiger partial charge in [-0.1, -0.05) is 0 Å². The predicted octanol–water partition coefficient (Wildman–Crippen LogP) is 3.73. The highest BCUT2D eigenvalue weighted by Gasteiger charge is 2.46. The predicted molar refractivity (Wildman–Crippen MR) is 136 cm³/mol. The summed E-state index contributed by atoms with van der Waals surface area (Å²) in [6.45, 7) is 0. The number of hydrogen-bond donors (Lipinski definition) is 4. The largest absolute Gasteiger partial charge is 0.390 e. The molecule has 0 radical (unpaired) electrons. The van der Waals surface area contributed by atoms with Crippen LogP contribution in [0.1, 0.15) is 73.5 Å². The molecule has 0 saturated heterocycles. The molecule has 0 atom stereocenters. The van der Waals surface area contributed by atoms with E-state index in [0.717, 1.165) is 61.8 Å². The van der Waals surface area contributed by atoms with Gasteiger partial charge in [0.05, 0.1) is 34.2 Å². The number of nitrogens with zero attached hydrogens (tertiary/aromatic N) is 3. The molecule has 0 unspecified atom stereocenters. The maximum absolute atomic E-state index is 13.1. The van der Waals surface area contributed by atoms with Crippen molar-refractivity contribution in [1.29, 1.82) is 5.41 Å². The number of pyridine rings is 1. The van der Waals surface area contributed by atoms with Gasteiger partial charge in [0.1, 0.15) is 0 Å². The second kappa shape index (κ2) is 9.55. The summed E-state index contributed by atoms with van der Waals surface area (Å²) in [7, 11) is 3.71. The Hall–Kier alpha value is -3.44. The van der Waals surface area contributed by atoms with Crippen LogP contribution in [-0.2, 0) is 0 Å². The fourth-order valence-electron chi connectivity index (χ4n) is 5.23. The quantitative estimate of drug-likeness (QED) is 0.374. The molecular weight excluding hydrogens is 454 g/mol. The lowest BCUT2D eigenvalue weighted by atomic mass is 9.77. The molecule has 1 heterocycles. The average Bonchev–Trinajstić information content (AvgIpc) is 3.75. The zero-order valence-electron chi connectivity index (χ0n) is 21.0. The summed E-state index contributed by atoms with van der Waals surface area (Å²) < 4.78 is 0.988. The minimum Gasteiger partial charge on any atom is -0.390 e. The van der Waals surface area contributed by atoms with E-state index in [1.54, 1.807) is 30.5 Å². The van der Waals surface area contributed by atoms with Crippen molar-refractivity contribution in [2.75, 3.05) is 14.1 Å². The number of carbonyl (C=O) groups is 1. The first kappa shape index (κ1) is 24.3. The van der Waals surface area contributed by atoms with Crippen LogP contribution >= 0.6 is 0 Å². The van der Waals surface area contributed by atoms with Crippen molar-refractivity contribution in [1.82, 2.24) is 10.2 Å². The van der Waals surface area contributed by atoms with Crippen LogP contribution in [-0.4, -0.2) is 46.5 Å². The van der Waals surface area contributed by atoms with Crippen molar-refractivity contribution >= 4 is 11.6 Å². The summed E-state index contributed by atoms with van der Waals surface area (Å²) in [5.74, 6) is 0.554. The SMILES string of the molecule is CN(C)C1=CC(=N)/C(=C\[N+]#CC2CCC(O)(C3CC3)CC2)C=C1NC(=O)c1cccc(C2CC2)[n+]1O. The number of likely N-dealkylation sites (N-methyl/N-ethyl adjacent to an activating group) is 1. The summed E-state index contributed by atoms with van der Waals surface area (Å²) in [4.78, 5) is 19.3. The summed E-state index contributed by atoms with van der Waals surface area (Å²) in [6, 6.07) is 8.41. The van der Waals surface area contributed by atoms with Crippen LogP contribution in [0.4, 0.5) is 0 Å². The van der Waals surface area contributed by atoms with E-state index in [0.29, 0.717) is 34.5 Å². The van der Waals surface area contributed by atoms with Crippen LogP contribution in [0, 0.1) is 23.3 Å². The van der Waals surface area contributed by atoms with Gasteiger partial charge in [-0.3, -0.25) is 15.4 Å². The van der Waals surface area contributed by atoms with E-state index in [1.807, 2.05) is 25.1 Å². The highest BCUT2D eigenvalue weighted by molar-refractivity contribution is 6.11. The molecule has 4 aliphatic carbocycles. The Kier molecular flexibility index (Phi) is 6.44. The fraction of sp³-hybridized carbons (Fsp3) is 0.500. The number of rotatable bonds is 5. The highest BCUT2D eigenvalue weighted by Crippen LogP contribution is 2.48. The van der Waals surface area contributed by atoms with Crippen LogP contribution in [0.15, 0.2) is 53.5 Å². The Bertz CT molecular complexity index is 1230. The molecule has 4 N–H and O–H groups in total. The number of amides is 1. The smallest absolute Gasteiger partial charge is 0.325 e. The number of aromatic nitrogens is 1. The Morgan fingerprint density at radius 1 is 1.19 bits per heavy atom. The summed E-state index contributed by atoms with van der Waals surface area (Å²) in [6.07, 6.45) is 12.7. The molecule has 3 saturated carbocycles. The topological polar surface area (TPSA) is 105 Å². The fourth-order valence-corrected chi connectivity index (χ4v) is 5.23. The first-order chi connectivity index (χ1) is 17.2. The lowest BCUT2D eigenvalue weighted by Crippen LogP contribution is -2.45. The Labute approximate surface area is 211 Å². The minimum absolute atomic E-state index is 0.166. The van der Waals surface area contributed by atoms with Crippen LogP contribution in [0.3, 0.4) is 0 Å². The lowest BCUT2D eigenvalue weighted by molar-refractivity contribution is -0.910. The van der Waals surface area contributed by atoms with Gasteiger partial charge >= 0.3 is 17.8 Å². The second-order valence-corrected chi connectivity index (χ2v) is 10.8. The summed E-state index contributed by atoms with van der Waals surface area (Å²) >= 11 is 0. The standard InChI is InChI=1S/C28H34N5O3/c1-32(2)26-15-22(29)20(17-30-16-18-10-12-28(35,13-11-18)21-8-9-21)14-23(26)31-27(34)25-5-3-4-24(33(25)36)19-6-7-19/h3-5,14-15,17-19,21,29,35H,6-13H2,1-2H3,(H-,31,34,36)/q+1/p+1/b20-17-,29-22?. The molecular formula is C28H35N5O3+2. The van der Waals surface area contributed by atoms with Crippen LogP contribution in [0.2, 0.25) is 0 Å². The number of hydrogen-bond acceptors (Lipinski definition) is 5. The Morgan fingerprint density at radius 3 is 2.56 bits per heavy atom. The summed E-state index contributed by atoms with van der Waals surface area (Å²) in [5, 5.41) is 32.7. The van der Waals surface area contributed by atoms with Crippen molar-refractivity contribution in [2.24, 2.45) is 11.8 Å². The van der Waals surface area contributed by atoms with Crippen LogP contribution in [0.25, 0.3) is 4.85 Å². The molecule has 4 aliphatic rings. The van der Waals surface area contributed by atoms with E-state index < -0.39 is 11.5 Å². The third-order valence-corrected chi connectivity index (χ3v) is 7.77. The van der Waals surface area contributed by atoms with Gasteiger partial charge in [0.25, 0.3) is 6.07 Å². The number of allylic oxidation sites excluding steroid dienone is 3. The summed E-state index contributed by atoms with van der Waals surface area (Å²) in [5.41, 5.74) is 2.50. The molecule has 188 valence electrons. The first-order valence-corrected chi connectivity index (χ1v) is 12.9. The van der Waals surface area contributed by atoms with Gasteiger partial charge in [0, 0.05) is 36.9 Å². The molecule has 3 fully saturated rings. The minimum atomic E-state index is -0.490. The monoisotopic (exact) mass is 489 g/mol. The molecule has 5 rings (SSSR count). The van der Waals surface area contributed by atoms with E-state index in [1.165, 1.54) is 0 Å². The van der Waals surface area contributed by atoms with Gasteiger partial charge < -0.3 is 15.3 Å². The molecule has 0 aromatic carbocycles. The number of nitrogens with one attached hydrogen (secondary N) is 2. The molecule has 8 heteroatoms. The van der Waals surface area contributed by atoms with E-state index >= 15 is 0 Å². The van der Waals surface area contributed by atoms with Crippen molar-refractivity contribution in [3.05, 3.63) is 69.8 Å². The maximum Gasteiger partial charge on any atom is 0.325 e. The van der Waals surface area contributed by atoms with Gasteiger partial charge in [0.2, 0.25) is 5.69 Å². The Balaban J connectivity index is 1.32. The Morgan fingerprint density at radius 2 is 1.92 bits per heavy atom. The third-order valence-electron chi connectivity index (χ3n) is 7.77. The normalized spacial score (nSPS) is 27.0. The molecule has 1 aromatic heterocycles. The highest BCUT2D eigenvalue weighted by atomic mass is 16.5. The van der Waals surface area contributed by atoms with Gasteiger partial charge in [-0.25, -0.2) is 0 Å². The third kappa shape index (κ3) is 5.07. The van der Waals surface area contributed by atoms with Gasteiger partial charge in [-0.2, -0.15) is 0 Å². The molecule has 36 heavy (non-hydrogen) atoms. The van der Waals surface area contributed by atoms with Crippen LogP contribution in [0.5, 0.6) is 0 Å². The number of aliphatic hydroxyl groups is 1. The van der Waals surface area contributed by atoms with Crippen molar-refractivity contribution in [2.45, 2.75) is 62.9 Å². The molecule has 8 nitrogen and oxygen atoms in total. The first-order valence-electron chi connectivity index (χ1n) is 12.9. The van der Waals surface area contributed by atoms with E-state index in [9.17, 15) is 15.1 Å².